The van der Waals surface area contributed by atoms with Crippen LogP contribution in [-0.2, 0) is 26.2 Å². The zero-order valence-corrected chi connectivity index (χ0v) is 19.4. The third-order valence-corrected chi connectivity index (χ3v) is 6.46. The van der Waals surface area contributed by atoms with Crippen molar-refractivity contribution in [1.29, 1.82) is 0 Å². The second-order valence-corrected chi connectivity index (χ2v) is 9.49. The molecule has 2 aromatic rings. The Bertz CT molecular complexity index is 1080. The highest BCUT2D eigenvalue weighted by molar-refractivity contribution is 7.92. The number of sulfonamides is 1. The molecule has 0 radical (unpaired) electrons. The van der Waals surface area contributed by atoms with Crippen LogP contribution in [0, 0.1) is 5.82 Å². The van der Waals surface area contributed by atoms with Crippen molar-refractivity contribution in [2.75, 3.05) is 24.2 Å². The van der Waals surface area contributed by atoms with Crippen LogP contribution in [0.15, 0.2) is 42.5 Å². The molecule has 11 heteroatoms. The summed E-state index contributed by atoms with van der Waals surface area (Å²) in [5, 5.41) is 2.77. The molecule has 1 unspecified atom stereocenters. The first kappa shape index (κ1) is 24.9. The fourth-order valence-electron chi connectivity index (χ4n) is 2.86. The van der Waals surface area contributed by atoms with E-state index in [9.17, 15) is 22.4 Å². The number of hydrogen-bond acceptors (Lipinski definition) is 4. The molecule has 31 heavy (non-hydrogen) atoms. The monoisotopic (exact) mass is 489 g/mol. The van der Waals surface area contributed by atoms with E-state index in [1.165, 1.54) is 50.4 Å². The van der Waals surface area contributed by atoms with E-state index in [1.54, 1.807) is 6.07 Å². The highest BCUT2D eigenvalue weighted by Gasteiger charge is 2.30. The summed E-state index contributed by atoms with van der Waals surface area (Å²) in [6, 6.07) is 8.99. The van der Waals surface area contributed by atoms with Crippen LogP contribution in [-0.4, -0.2) is 51.0 Å². The van der Waals surface area contributed by atoms with Gasteiger partial charge in [0.2, 0.25) is 21.8 Å². The molecule has 0 heterocycles. The van der Waals surface area contributed by atoms with Crippen LogP contribution in [0.3, 0.4) is 0 Å². The number of halogens is 3. The second-order valence-electron chi connectivity index (χ2n) is 6.77. The number of likely N-dealkylation sites (N-methyl/N-ethyl adjacent to an activating group) is 1. The van der Waals surface area contributed by atoms with E-state index < -0.39 is 40.2 Å². The van der Waals surface area contributed by atoms with E-state index in [1.807, 2.05) is 0 Å². The molecule has 1 N–H and O–H groups in total. The van der Waals surface area contributed by atoms with Gasteiger partial charge in [-0.05, 0) is 31.2 Å². The van der Waals surface area contributed by atoms with Crippen molar-refractivity contribution in [3.8, 4) is 0 Å². The van der Waals surface area contributed by atoms with Gasteiger partial charge in [0, 0.05) is 19.2 Å². The summed E-state index contributed by atoms with van der Waals surface area (Å²) in [5.41, 5.74) is 0.315. The van der Waals surface area contributed by atoms with E-state index in [-0.39, 0.29) is 27.8 Å². The summed E-state index contributed by atoms with van der Waals surface area (Å²) < 4.78 is 39.8. The molecule has 0 aliphatic heterocycles. The van der Waals surface area contributed by atoms with E-state index in [0.29, 0.717) is 0 Å². The first-order chi connectivity index (χ1) is 14.5. The van der Waals surface area contributed by atoms with Crippen LogP contribution in [0.4, 0.5) is 10.1 Å². The van der Waals surface area contributed by atoms with Crippen molar-refractivity contribution in [2.45, 2.75) is 19.5 Å². The standard InChI is InChI=1S/C20H22Cl2FN3O4S/c1-13(20(28)24-2)25(11-14-6-4-5-7-18(14)23)19(27)12-26(31(3,29)30)15-8-9-16(21)17(22)10-15/h4-10,13H,11-12H2,1-3H3,(H,24,28). The van der Waals surface area contributed by atoms with Gasteiger partial charge in [-0.25, -0.2) is 12.8 Å². The number of carbonyl (C=O) groups is 2. The number of amides is 2. The van der Waals surface area contributed by atoms with E-state index in [4.69, 9.17) is 23.2 Å². The molecule has 2 rings (SSSR count). The molecule has 0 saturated heterocycles. The number of rotatable bonds is 8. The SMILES string of the molecule is CNC(=O)C(C)N(Cc1ccccc1F)C(=O)CN(c1ccc(Cl)c(Cl)c1)S(C)(=O)=O. The second kappa shape index (κ2) is 10.3. The largest absolute Gasteiger partial charge is 0.357 e. The number of benzene rings is 2. The van der Waals surface area contributed by atoms with Crippen molar-refractivity contribution in [3.63, 3.8) is 0 Å². The van der Waals surface area contributed by atoms with Crippen LogP contribution in [0.5, 0.6) is 0 Å². The topological polar surface area (TPSA) is 86.8 Å². The molecule has 0 aliphatic carbocycles. The van der Waals surface area contributed by atoms with Crippen LogP contribution in [0.25, 0.3) is 0 Å². The Hall–Kier alpha value is -2.36. The highest BCUT2D eigenvalue weighted by atomic mass is 35.5. The zero-order valence-electron chi connectivity index (χ0n) is 17.1. The summed E-state index contributed by atoms with van der Waals surface area (Å²) >= 11 is 11.9. The molecular weight excluding hydrogens is 468 g/mol. The van der Waals surface area contributed by atoms with Gasteiger partial charge in [-0.15, -0.1) is 0 Å². The molecule has 7 nitrogen and oxygen atoms in total. The average molecular weight is 490 g/mol. The van der Waals surface area contributed by atoms with Crippen molar-refractivity contribution >= 4 is 50.7 Å². The minimum atomic E-state index is -3.90. The Labute approximate surface area is 190 Å². The van der Waals surface area contributed by atoms with E-state index in [2.05, 4.69) is 5.32 Å². The van der Waals surface area contributed by atoms with Gasteiger partial charge in [0.1, 0.15) is 18.4 Å². The van der Waals surface area contributed by atoms with Crippen molar-refractivity contribution < 1.29 is 22.4 Å². The van der Waals surface area contributed by atoms with Gasteiger partial charge >= 0.3 is 0 Å². The lowest BCUT2D eigenvalue weighted by atomic mass is 10.1. The Morgan fingerprint density at radius 3 is 2.32 bits per heavy atom. The number of hydrogen-bond donors (Lipinski definition) is 1. The molecular formula is C20H22Cl2FN3O4S. The summed E-state index contributed by atoms with van der Waals surface area (Å²) in [5.74, 6) is -1.73. The maximum absolute atomic E-state index is 14.2. The quantitative estimate of drug-likeness (QED) is 0.617. The summed E-state index contributed by atoms with van der Waals surface area (Å²) in [6.07, 6.45) is 0.937. The van der Waals surface area contributed by atoms with E-state index >= 15 is 0 Å². The average Bonchev–Trinajstić information content (AvgIpc) is 2.71. The molecule has 2 amide bonds. The molecule has 0 aromatic heterocycles. The maximum atomic E-state index is 14.2. The van der Waals surface area contributed by atoms with Gasteiger partial charge in [0.25, 0.3) is 0 Å². The van der Waals surface area contributed by atoms with Gasteiger partial charge in [-0.3, -0.25) is 13.9 Å². The number of nitrogens with zero attached hydrogens (tertiary/aromatic N) is 2. The van der Waals surface area contributed by atoms with Gasteiger partial charge in [-0.1, -0.05) is 41.4 Å². The minimum Gasteiger partial charge on any atom is -0.357 e. The molecule has 0 spiro atoms. The third-order valence-electron chi connectivity index (χ3n) is 4.58. The molecule has 1 atom stereocenters. The van der Waals surface area contributed by atoms with Crippen molar-refractivity contribution in [2.24, 2.45) is 0 Å². The Morgan fingerprint density at radius 2 is 1.77 bits per heavy atom. The summed E-state index contributed by atoms with van der Waals surface area (Å²) in [6.45, 7) is 0.632. The fourth-order valence-corrected chi connectivity index (χ4v) is 3.99. The number of anilines is 1. The predicted octanol–water partition coefficient (Wildman–Crippen LogP) is 3.06. The van der Waals surface area contributed by atoms with Crippen LogP contribution >= 0.6 is 23.2 Å². The normalized spacial score (nSPS) is 12.2. The first-order valence-corrected chi connectivity index (χ1v) is 11.7. The zero-order chi connectivity index (χ0) is 23.3. The van der Waals surface area contributed by atoms with E-state index in [0.717, 1.165) is 15.5 Å². The van der Waals surface area contributed by atoms with Crippen LogP contribution in [0.1, 0.15) is 12.5 Å². The molecule has 2 aromatic carbocycles. The lowest BCUT2D eigenvalue weighted by Gasteiger charge is -2.31. The summed E-state index contributed by atoms with van der Waals surface area (Å²) in [4.78, 5) is 26.5. The number of carbonyl (C=O) groups excluding carboxylic acids is 2. The van der Waals surface area contributed by atoms with Crippen LogP contribution < -0.4 is 9.62 Å². The number of nitrogens with one attached hydrogen (secondary N) is 1. The summed E-state index contributed by atoms with van der Waals surface area (Å²) in [7, 11) is -2.49. The lowest BCUT2D eigenvalue weighted by Crippen LogP contribution is -2.50. The molecule has 0 fully saturated rings. The van der Waals surface area contributed by atoms with Gasteiger partial charge < -0.3 is 10.2 Å². The molecule has 0 saturated carbocycles. The Morgan fingerprint density at radius 1 is 1.13 bits per heavy atom. The van der Waals surface area contributed by atoms with Crippen molar-refractivity contribution in [3.05, 3.63) is 63.9 Å². The molecule has 0 bridgehead atoms. The highest BCUT2D eigenvalue weighted by Crippen LogP contribution is 2.28. The first-order valence-electron chi connectivity index (χ1n) is 9.13. The van der Waals surface area contributed by atoms with Gasteiger partial charge in [0.05, 0.1) is 22.0 Å². The van der Waals surface area contributed by atoms with Crippen molar-refractivity contribution in [1.82, 2.24) is 10.2 Å². The minimum absolute atomic E-state index is 0.113. The van der Waals surface area contributed by atoms with Gasteiger partial charge in [-0.2, -0.15) is 0 Å². The molecule has 0 aliphatic rings. The lowest BCUT2D eigenvalue weighted by molar-refractivity contribution is -0.139. The Balaban J connectivity index is 2.42. The third kappa shape index (κ3) is 6.32. The maximum Gasteiger partial charge on any atom is 0.244 e. The van der Waals surface area contributed by atoms with Crippen LogP contribution in [0.2, 0.25) is 10.0 Å². The van der Waals surface area contributed by atoms with Gasteiger partial charge in [0.15, 0.2) is 0 Å². The predicted molar refractivity (Wildman–Crippen MR) is 119 cm³/mol. The molecule has 168 valence electrons. The smallest absolute Gasteiger partial charge is 0.244 e. The Kier molecular flexibility index (Phi) is 8.27. The fraction of sp³-hybridized carbons (Fsp3) is 0.300.